The van der Waals surface area contributed by atoms with Crippen LogP contribution in [0.3, 0.4) is 0 Å². The molecule has 0 amide bonds. The Bertz CT molecular complexity index is 395. The molecule has 0 bridgehead atoms. The van der Waals surface area contributed by atoms with E-state index >= 15 is 0 Å². The van der Waals surface area contributed by atoms with Crippen LogP contribution in [0.15, 0.2) is 18.2 Å². The average Bonchev–Trinajstić information content (AvgIpc) is 2.38. The fourth-order valence-corrected chi connectivity index (χ4v) is 2.71. The molecular formula is C15H25N3. The maximum atomic E-state index is 5.73. The molecule has 3 nitrogen and oxygen atoms in total. The SMILES string of the molecule is Cc1ccc(N2CCN(C(C)CN)CC2)c(C)c1. The Hall–Kier alpha value is -1.06. The van der Waals surface area contributed by atoms with Crippen molar-refractivity contribution in [3.05, 3.63) is 29.3 Å². The van der Waals surface area contributed by atoms with Gasteiger partial charge in [-0.1, -0.05) is 17.7 Å². The molecule has 1 saturated heterocycles. The van der Waals surface area contributed by atoms with Crippen LogP contribution in [0.5, 0.6) is 0 Å². The van der Waals surface area contributed by atoms with Crippen LogP contribution in [0, 0.1) is 13.8 Å². The van der Waals surface area contributed by atoms with Crippen molar-refractivity contribution in [1.82, 2.24) is 4.90 Å². The first-order chi connectivity index (χ1) is 8.61. The minimum absolute atomic E-state index is 0.506. The Balaban J connectivity index is 2.01. The molecule has 2 N–H and O–H groups in total. The highest BCUT2D eigenvalue weighted by Crippen LogP contribution is 2.22. The van der Waals surface area contributed by atoms with Crippen LogP contribution in [-0.2, 0) is 0 Å². The number of anilines is 1. The van der Waals surface area contributed by atoms with Gasteiger partial charge in [-0.25, -0.2) is 0 Å². The van der Waals surface area contributed by atoms with Gasteiger partial charge in [0.25, 0.3) is 0 Å². The predicted molar refractivity (Wildman–Crippen MR) is 78.2 cm³/mol. The molecule has 1 atom stereocenters. The van der Waals surface area contributed by atoms with Crippen LogP contribution >= 0.6 is 0 Å². The maximum absolute atomic E-state index is 5.73. The Labute approximate surface area is 111 Å². The number of nitrogens with zero attached hydrogens (tertiary/aromatic N) is 2. The quantitative estimate of drug-likeness (QED) is 0.883. The van der Waals surface area contributed by atoms with Gasteiger partial charge in [-0.2, -0.15) is 0 Å². The van der Waals surface area contributed by atoms with E-state index < -0.39 is 0 Å². The van der Waals surface area contributed by atoms with E-state index in [0.29, 0.717) is 6.04 Å². The molecule has 1 aromatic rings. The molecular weight excluding hydrogens is 222 g/mol. The molecule has 2 rings (SSSR count). The third kappa shape index (κ3) is 2.85. The van der Waals surface area contributed by atoms with Gasteiger partial charge in [0.1, 0.15) is 0 Å². The lowest BCUT2D eigenvalue weighted by Crippen LogP contribution is -2.51. The molecule has 0 aliphatic carbocycles. The molecule has 0 saturated carbocycles. The molecule has 18 heavy (non-hydrogen) atoms. The molecule has 1 aliphatic rings. The van der Waals surface area contributed by atoms with E-state index in [1.807, 2.05) is 0 Å². The van der Waals surface area contributed by atoms with E-state index in [4.69, 9.17) is 5.73 Å². The Morgan fingerprint density at radius 3 is 2.39 bits per heavy atom. The summed E-state index contributed by atoms with van der Waals surface area (Å²) in [4.78, 5) is 4.98. The summed E-state index contributed by atoms with van der Waals surface area (Å²) >= 11 is 0. The molecule has 1 aromatic carbocycles. The van der Waals surface area contributed by atoms with Gasteiger partial charge in [-0.3, -0.25) is 4.90 Å². The van der Waals surface area contributed by atoms with Gasteiger partial charge >= 0.3 is 0 Å². The van der Waals surface area contributed by atoms with Gasteiger partial charge in [0.2, 0.25) is 0 Å². The summed E-state index contributed by atoms with van der Waals surface area (Å²) in [7, 11) is 0. The summed E-state index contributed by atoms with van der Waals surface area (Å²) < 4.78 is 0. The van der Waals surface area contributed by atoms with Crippen LogP contribution in [0.25, 0.3) is 0 Å². The molecule has 1 aliphatic heterocycles. The van der Waals surface area contributed by atoms with E-state index in [0.717, 1.165) is 32.7 Å². The van der Waals surface area contributed by atoms with Crippen molar-refractivity contribution in [2.75, 3.05) is 37.6 Å². The lowest BCUT2D eigenvalue weighted by Gasteiger charge is -2.39. The lowest BCUT2D eigenvalue weighted by atomic mass is 10.1. The standard InChI is InChI=1S/C15H25N3/c1-12-4-5-15(13(2)10-12)18-8-6-17(7-9-18)14(3)11-16/h4-5,10,14H,6-9,11,16H2,1-3H3. The highest BCUT2D eigenvalue weighted by atomic mass is 15.3. The van der Waals surface area contributed by atoms with E-state index in [1.165, 1.54) is 16.8 Å². The molecule has 1 unspecified atom stereocenters. The maximum Gasteiger partial charge on any atom is 0.0396 e. The fraction of sp³-hybridized carbons (Fsp3) is 0.600. The number of hydrogen-bond acceptors (Lipinski definition) is 3. The van der Waals surface area contributed by atoms with Gasteiger partial charge in [-0.15, -0.1) is 0 Å². The summed E-state index contributed by atoms with van der Waals surface area (Å²) in [6, 6.07) is 7.24. The topological polar surface area (TPSA) is 32.5 Å². The molecule has 1 heterocycles. The first-order valence-electron chi connectivity index (χ1n) is 6.88. The van der Waals surface area contributed by atoms with Crippen molar-refractivity contribution in [2.24, 2.45) is 5.73 Å². The Kier molecular flexibility index (Phi) is 4.25. The minimum Gasteiger partial charge on any atom is -0.369 e. The number of aryl methyl sites for hydroxylation is 2. The summed E-state index contributed by atoms with van der Waals surface area (Å²) in [6.45, 7) is 11.8. The van der Waals surface area contributed by atoms with Gasteiger partial charge < -0.3 is 10.6 Å². The second kappa shape index (κ2) is 5.72. The first kappa shape index (κ1) is 13.4. The summed E-state index contributed by atoms with van der Waals surface area (Å²) in [5, 5.41) is 0. The van der Waals surface area contributed by atoms with E-state index in [9.17, 15) is 0 Å². The van der Waals surface area contributed by atoms with Crippen LogP contribution < -0.4 is 10.6 Å². The number of nitrogens with two attached hydrogens (primary N) is 1. The fourth-order valence-electron chi connectivity index (χ4n) is 2.71. The second-order valence-electron chi connectivity index (χ2n) is 5.40. The number of rotatable bonds is 3. The molecule has 1 fully saturated rings. The molecule has 100 valence electrons. The number of piperazine rings is 1. The third-order valence-electron chi connectivity index (χ3n) is 3.97. The lowest BCUT2D eigenvalue weighted by molar-refractivity contribution is 0.201. The van der Waals surface area contributed by atoms with Crippen molar-refractivity contribution >= 4 is 5.69 Å². The van der Waals surface area contributed by atoms with Crippen LogP contribution in [0.4, 0.5) is 5.69 Å². The average molecular weight is 247 g/mol. The molecule has 0 radical (unpaired) electrons. The normalized spacial score (nSPS) is 19.0. The zero-order valence-corrected chi connectivity index (χ0v) is 11.8. The summed E-state index contributed by atoms with van der Waals surface area (Å²) in [6.07, 6.45) is 0. The summed E-state index contributed by atoms with van der Waals surface area (Å²) in [5.74, 6) is 0. The van der Waals surface area contributed by atoms with Crippen molar-refractivity contribution in [1.29, 1.82) is 0 Å². The van der Waals surface area contributed by atoms with Crippen molar-refractivity contribution in [3.8, 4) is 0 Å². The monoisotopic (exact) mass is 247 g/mol. The zero-order valence-electron chi connectivity index (χ0n) is 11.8. The van der Waals surface area contributed by atoms with Crippen molar-refractivity contribution in [3.63, 3.8) is 0 Å². The zero-order chi connectivity index (χ0) is 13.1. The van der Waals surface area contributed by atoms with Gasteiger partial charge in [0.05, 0.1) is 0 Å². The number of benzene rings is 1. The van der Waals surface area contributed by atoms with Gasteiger partial charge in [0, 0.05) is 44.5 Å². The Morgan fingerprint density at radius 1 is 1.17 bits per heavy atom. The first-order valence-corrected chi connectivity index (χ1v) is 6.88. The van der Waals surface area contributed by atoms with Crippen LogP contribution in [0.1, 0.15) is 18.1 Å². The largest absolute Gasteiger partial charge is 0.369 e. The molecule has 3 heteroatoms. The van der Waals surface area contributed by atoms with Crippen molar-refractivity contribution < 1.29 is 0 Å². The van der Waals surface area contributed by atoms with Crippen molar-refractivity contribution in [2.45, 2.75) is 26.8 Å². The van der Waals surface area contributed by atoms with E-state index in [1.54, 1.807) is 0 Å². The Morgan fingerprint density at radius 2 is 1.83 bits per heavy atom. The van der Waals surface area contributed by atoms with E-state index in [2.05, 4.69) is 48.8 Å². The van der Waals surface area contributed by atoms with Gasteiger partial charge in [-0.05, 0) is 32.4 Å². The van der Waals surface area contributed by atoms with E-state index in [-0.39, 0.29) is 0 Å². The second-order valence-corrected chi connectivity index (χ2v) is 5.40. The van der Waals surface area contributed by atoms with Crippen LogP contribution in [0.2, 0.25) is 0 Å². The van der Waals surface area contributed by atoms with Gasteiger partial charge in [0.15, 0.2) is 0 Å². The minimum atomic E-state index is 0.506. The molecule has 0 spiro atoms. The predicted octanol–water partition coefficient (Wildman–Crippen LogP) is 1.77. The third-order valence-corrected chi connectivity index (χ3v) is 3.97. The van der Waals surface area contributed by atoms with Crippen LogP contribution in [-0.4, -0.2) is 43.7 Å². The number of hydrogen-bond donors (Lipinski definition) is 1. The smallest absolute Gasteiger partial charge is 0.0396 e. The highest BCUT2D eigenvalue weighted by Gasteiger charge is 2.21. The summed E-state index contributed by atoms with van der Waals surface area (Å²) in [5.41, 5.74) is 9.85. The highest BCUT2D eigenvalue weighted by molar-refractivity contribution is 5.54. The molecule has 0 aromatic heterocycles.